The van der Waals surface area contributed by atoms with Crippen LogP contribution in [0.3, 0.4) is 0 Å². The summed E-state index contributed by atoms with van der Waals surface area (Å²) in [5.41, 5.74) is 0.966. The maximum atomic E-state index is 12.2. The number of halogens is 2. The maximum Gasteiger partial charge on any atom is 0.387 e. The van der Waals surface area contributed by atoms with Crippen molar-refractivity contribution in [3.05, 3.63) is 23.8 Å². The Labute approximate surface area is 115 Å². The van der Waals surface area contributed by atoms with E-state index in [0.29, 0.717) is 5.75 Å². The summed E-state index contributed by atoms with van der Waals surface area (Å²) in [5.74, 6) is 2.15. The Balaban J connectivity index is 2.61. The van der Waals surface area contributed by atoms with Crippen molar-refractivity contribution in [2.45, 2.75) is 19.3 Å². The van der Waals surface area contributed by atoms with Gasteiger partial charge in [-0.2, -0.15) is 20.5 Å². The van der Waals surface area contributed by atoms with Crippen molar-refractivity contribution < 1.29 is 23.4 Å². The fourth-order valence-corrected chi connectivity index (χ4v) is 2.47. The summed E-state index contributed by atoms with van der Waals surface area (Å²) >= 11 is 1.67. The zero-order valence-electron chi connectivity index (χ0n) is 10.9. The van der Waals surface area contributed by atoms with Gasteiger partial charge in [0.15, 0.2) is 11.5 Å². The fourth-order valence-electron chi connectivity index (χ4n) is 1.43. The van der Waals surface area contributed by atoms with Crippen LogP contribution in [0.15, 0.2) is 18.2 Å². The molecule has 0 radical (unpaired) electrons. The number of benzene rings is 1. The summed E-state index contributed by atoms with van der Waals surface area (Å²) in [5, 5.41) is 8.91. The predicted octanol–water partition coefficient (Wildman–Crippen LogP) is 3.16. The molecule has 19 heavy (non-hydrogen) atoms. The van der Waals surface area contributed by atoms with Gasteiger partial charge in [0.05, 0.1) is 7.11 Å². The van der Waals surface area contributed by atoms with Crippen molar-refractivity contribution in [2.75, 3.05) is 19.5 Å². The minimum Gasteiger partial charge on any atom is -0.493 e. The van der Waals surface area contributed by atoms with Gasteiger partial charge in [0, 0.05) is 12.4 Å². The second kappa shape index (κ2) is 8.22. The van der Waals surface area contributed by atoms with Gasteiger partial charge in [-0.25, -0.2) is 0 Å². The molecule has 0 aliphatic heterocycles. The van der Waals surface area contributed by atoms with Crippen molar-refractivity contribution in [1.29, 1.82) is 0 Å². The number of ether oxygens (including phenoxy) is 2. The van der Waals surface area contributed by atoms with Crippen molar-refractivity contribution >= 4 is 11.8 Å². The van der Waals surface area contributed by atoms with Crippen LogP contribution in [0.2, 0.25) is 0 Å². The van der Waals surface area contributed by atoms with Crippen LogP contribution < -0.4 is 9.47 Å². The highest BCUT2D eigenvalue weighted by Gasteiger charge is 2.11. The third-order valence-electron chi connectivity index (χ3n) is 2.43. The number of thioether (sulfide) groups is 1. The molecule has 0 fully saturated rings. The van der Waals surface area contributed by atoms with E-state index in [2.05, 4.69) is 4.74 Å². The molecule has 0 saturated carbocycles. The standard InChI is InChI=1S/C13H18F2O3S/c1-9(6-16)7-19-8-10-3-4-11(18-13(14)15)12(5-10)17-2/h3-5,9,13,16H,6-8H2,1-2H3. The van der Waals surface area contributed by atoms with Crippen LogP contribution in [-0.2, 0) is 5.75 Å². The maximum absolute atomic E-state index is 12.2. The van der Waals surface area contributed by atoms with E-state index in [1.165, 1.54) is 13.2 Å². The summed E-state index contributed by atoms with van der Waals surface area (Å²) in [4.78, 5) is 0. The van der Waals surface area contributed by atoms with Crippen LogP contribution >= 0.6 is 11.8 Å². The van der Waals surface area contributed by atoms with Crippen molar-refractivity contribution in [2.24, 2.45) is 5.92 Å². The molecule has 0 aliphatic carbocycles. The van der Waals surface area contributed by atoms with E-state index < -0.39 is 6.61 Å². The van der Waals surface area contributed by atoms with Crippen LogP contribution in [0.4, 0.5) is 8.78 Å². The minimum atomic E-state index is -2.86. The van der Waals surface area contributed by atoms with E-state index in [1.54, 1.807) is 23.9 Å². The Bertz CT molecular complexity index is 388. The largest absolute Gasteiger partial charge is 0.493 e. The van der Waals surface area contributed by atoms with E-state index >= 15 is 0 Å². The SMILES string of the molecule is COc1cc(CSCC(C)CO)ccc1OC(F)F. The molecule has 0 spiro atoms. The summed E-state index contributed by atoms with van der Waals surface area (Å²) in [6.07, 6.45) is 0. The summed E-state index contributed by atoms with van der Waals surface area (Å²) < 4.78 is 33.7. The molecule has 3 nitrogen and oxygen atoms in total. The number of hydrogen-bond acceptors (Lipinski definition) is 4. The number of hydrogen-bond donors (Lipinski definition) is 1. The predicted molar refractivity (Wildman–Crippen MR) is 72.0 cm³/mol. The Hall–Kier alpha value is -1.01. The lowest BCUT2D eigenvalue weighted by molar-refractivity contribution is -0.0512. The first-order chi connectivity index (χ1) is 9.06. The topological polar surface area (TPSA) is 38.7 Å². The van der Waals surface area contributed by atoms with Gasteiger partial charge in [-0.3, -0.25) is 0 Å². The Morgan fingerprint density at radius 2 is 2.05 bits per heavy atom. The molecular weight excluding hydrogens is 274 g/mol. The van der Waals surface area contributed by atoms with Gasteiger partial charge in [0.25, 0.3) is 0 Å². The average Bonchev–Trinajstić information content (AvgIpc) is 2.39. The van der Waals surface area contributed by atoms with Crippen LogP contribution in [0.1, 0.15) is 12.5 Å². The lowest BCUT2D eigenvalue weighted by Crippen LogP contribution is -2.04. The number of aliphatic hydroxyl groups is 1. The number of rotatable bonds is 8. The first kappa shape index (κ1) is 16.0. The Kier molecular flexibility index (Phi) is 6.94. The second-order valence-corrected chi connectivity index (χ2v) is 5.20. The molecule has 0 bridgehead atoms. The van der Waals surface area contributed by atoms with E-state index in [4.69, 9.17) is 9.84 Å². The van der Waals surface area contributed by atoms with E-state index in [9.17, 15) is 8.78 Å². The first-order valence-electron chi connectivity index (χ1n) is 5.87. The molecule has 108 valence electrons. The van der Waals surface area contributed by atoms with Gasteiger partial charge in [-0.05, 0) is 29.4 Å². The molecule has 6 heteroatoms. The molecular formula is C13H18F2O3S. The van der Waals surface area contributed by atoms with Crippen LogP contribution in [0.5, 0.6) is 11.5 Å². The highest BCUT2D eigenvalue weighted by molar-refractivity contribution is 7.98. The summed E-state index contributed by atoms with van der Waals surface area (Å²) in [7, 11) is 1.42. The zero-order valence-corrected chi connectivity index (χ0v) is 11.8. The van der Waals surface area contributed by atoms with Gasteiger partial charge in [0.2, 0.25) is 0 Å². The molecule has 0 aromatic heterocycles. The highest BCUT2D eigenvalue weighted by Crippen LogP contribution is 2.30. The van der Waals surface area contributed by atoms with Gasteiger partial charge in [-0.15, -0.1) is 0 Å². The molecule has 1 unspecified atom stereocenters. The van der Waals surface area contributed by atoms with Gasteiger partial charge in [0.1, 0.15) is 0 Å². The molecule has 0 aliphatic rings. The monoisotopic (exact) mass is 292 g/mol. The Morgan fingerprint density at radius 1 is 1.32 bits per heavy atom. The smallest absolute Gasteiger partial charge is 0.387 e. The Morgan fingerprint density at radius 3 is 2.63 bits per heavy atom. The number of methoxy groups -OCH3 is 1. The van der Waals surface area contributed by atoms with E-state index in [0.717, 1.165) is 17.1 Å². The lowest BCUT2D eigenvalue weighted by Gasteiger charge is -2.12. The van der Waals surface area contributed by atoms with Crippen molar-refractivity contribution in [3.63, 3.8) is 0 Å². The molecule has 0 amide bonds. The zero-order chi connectivity index (χ0) is 14.3. The molecule has 1 aromatic carbocycles. The quantitative estimate of drug-likeness (QED) is 0.799. The van der Waals surface area contributed by atoms with Crippen LogP contribution in [0.25, 0.3) is 0 Å². The fraction of sp³-hybridized carbons (Fsp3) is 0.538. The average molecular weight is 292 g/mol. The minimum absolute atomic E-state index is 0.0370. The van der Waals surface area contributed by atoms with Gasteiger partial charge >= 0.3 is 6.61 Å². The second-order valence-electron chi connectivity index (χ2n) is 4.17. The van der Waals surface area contributed by atoms with Gasteiger partial charge < -0.3 is 14.6 Å². The van der Waals surface area contributed by atoms with Crippen molar-refractivity contribution in [1.82, 2.24) is 0 Å². The molecule has 0 saturated heterocycles. The molecule has 0 heterocycles. The molecule has 1 rings (SSSR count). The lowest BCUT2D eigenvalue weighted by atomic mass is 10.2. The highest BCUT2D eigenvalue weighted by atomic mass is 32.2. The summed E-state index contributed by atoms with van der Waals surface area (Å²) in [6, 6.07) is 4.90. The van der Waals surface area contributed by atoms with Gasteiger partial charge in [-0.1, -0.05) is 13.0 Å². The molecule has 1 atom stereocenters. The first-order valence-corrected chi connectivity index (χ1v) is 7.02. The van der Waals surface area contributed by atoms with Crippen LogP contribution in [-0.4, -0.2) is 31.2 Å². The van der Waals surface area contributed by atoms with Crippen molar-refractivity contribution in [3.8, 4) is 11.5 Å². The van der Waals surface area contributed by atoms with E-state index in [1.807, 2.05) is 6.92 Å². The van der Waals surface area contributed by atoms with Crippen LogP contribution in [0, 0.1) is 5.92 Å². The third kappa shape index (κ3) is 5.65. The molecule has 1 N–H and O–H groups in total. The normalized spacial score (nSPS) is 12.5. The third-order valence-corrected chi connectivity index (χ3v) is 3.77. The number of aliphatic hydroxyl groups excluding tert-OH is 1. The summed E-state index contributed by atoms with van der Waals surface area (Å²) in [6.45, 7) is -0.732. The number of alkyl halides is 2. The molecule has 1 aromatic rings. The van der Waals surface area contributed by atoms with E-state index in [-0.39, 0.29) is 18.3 Å².